The Balaban J connectivity index is 3.10. The molecule has 0 spiro atoms. The third-order valence-electron chi connectivity index (χ3n) is 2.17. The van der Waals surface area contributed by atoms with E-state index in [1.807, 2.05) is 0 Å². The van der Waals surface area contributed by atoms with Crippen molar-refractivity contribution in [2.45, 2.75) is 18.9 Å². The van der Waals surface area contributed by atoms with Gasteiger partial charge in [0.15, 0.2) is 5.71 Å². The number of nitrogens with zero attached hydrogens (tertiary/aromatic N) is 3. The topological polar surface area (TPSA) is 89.7 Å². The number of carbonyl (C=O) groups excluding carboxylic acids is 2. The molecule has 15 heavy (non-hydrogen) atoms. The second-order valence-electron chi connectivity index (χ2n) is 2.84. The number of methoxy groups -OCH3 is 2. The maximum absolute atomic E-state index is 11.5. The van der Waals surface area contributed by atoms with Crippen molar-refractivity contribution in [2.24, 2.45) is 15.4 Å². The zero-order chi connectivity index (χ0) is 11.5. The molecular formula is C8H11N3O4. The Hall–Kier alpha value is -1.79. The van der Waals surface area contributed by atoms with E-state index in [0.29, 0.717) is 0 Å². The number of carbonyl (C=O) groups is 2. The molecule has 0 bridgehead atoms. The van der Waals surface area contributed by atoms with Gasteiger partial charge in [0.25, 0.3) is 0 Å². The van der Waals surface area contributed by atoms with Crippen LogP contribution in [0.15, 0.2) is 15.4 Å². The van der Waals surface area contributed by atoms with Gasteiger partial charge in [-0.15, -0.1) is 10.2 Å². The van der Waals surface area contributed by atoms with Crippen molar-refractivity contribution in [1.82, 2.24) is 0 Å². The summed E-state index contributed by atoms with van der Waals surface area (Å²) in [6.07, 6.45) is 0.233. The van der Waals surface area contributed by atoms with E-state index < -0.39 is 17.5 Å². The standard InChI is InChI=1S/C8H11N3O4/c1-4-8(7(13)15-3)5(6(12)14-2)9-11-10-8/h4H2,1-3H3. The van der Waals surface area contributed by atoms with Crippen LogP contribution in [0, 0.1) is 0 Å². The fraction of sp³-hybridized carbons (Fsp3) is 0.625. The first-order valence-electron chi connectivity index (χ1n) is 4.29. The minimum absolute atomic E-state index is 0.139. The third kappa shape index (κ3) is 1.60. The molecule has 0 aliphatic carbocycles. The molecule has 1 aliphatic heterocycles. The molecule has 1 heterocycles. The van der Waals surface area contributed by atoms with Crippen molar-refractivity contribution < 1.29 is 19.1 Å². The van der Waals surface area contributed by atoms with Crippen molar-refractivity contribution in [2.75, 3.05) is 14.2 Å². The van der Waals surface area contributed by atoms with Crippen LogP contribution in [0.25, 0.3) is 0 Å². The number of hydrogen-bond acceptors (Lipinski definition) is 7. The van der Waals surface area contributed by atoms with Crippen molar-refractivity contribution in [1.29, 1.82) is 0 Å². The van der Waals surface area contributed by atoms with Crippen LogP contribution in [0.5, 0.6) is 0 Å². The quantitative estimate of drug-likeness (QED) is 0.630. The first-order chi connectivity index (χ1) is 7.12. The molecule has 1 aliphatic rings. The molecular weight excluding hydrogens is 202 g/mol. The van der Waals surface area contributed by atoms with Gasteiger partial charge in [-0.05, 0) is 11.6 Å². The Kier molecular flexibility index (Phi) is 3.13. The Morgan fingerprint density at radius 2 is 2.00 bits per heavy atom. The summed E-state index contributed by atoms with van der Waals surface area (Å²) in [5.74, 6) is -1.40. The SMILES string of the molecule is CCC1(C(=O)OC)N=NN=C1C(=O)OC. The highest BCUT2D eigenvalue weighted by Crippen LogP contribution is 2.26. The van der Waals surface area contributed by atoms with Crippen LogP contribution in [0.4, 0.5) is 0 Å². The molecule has 1 unspecified atom stereocenters. The summed E-state index contributed by atoms with van der Waals surface area (Å²) in [6, 6.07) is 0. The van der Waals surface area contributed by atoms with Crippen molar-refractivity contribution in [3.05, 3.63) is 0 Å². The first kappa shape index (κ1) is 11.3. The molecule has 0 aromatic carbocycles. The van der Waals surface area contributed by atoms with Gasteiger partial charge in [0.2, 0.25) is 5.54 Å². The molecule has 0 aromatic rings. The number of rotatable bonds is 3. The molecule has 1 atom stereocenters. The lowest BCUT2D eigenvalue weighted by Gasteiger charge is -2.19. The molecule has 0 N–H and O–H groups in total. The van der Waals surface area contributed by atoms with Crippen LogP contribution >= 0.6 is 0 Å². The predicted molar refractivity (Wildman–Crippen MR) is 49.3 cm³/mol. The number of ether oxygens (including phenoxy) is 2. The molecule has 7 nitrogen and oxygen atoms in total. The van der Waals surface area contributed by atoms with Crippen LogP contribution in [-0.4, -0.2) is 37.4 Å². The molecule has 0 aromatic heterocycles. The molecule has 0 saturated carbocycles. The van der Waals surface area contributed by atoms with Gasteiger partial charge >= 0.3 is 11.9 Å². The minimum Gasteiger partial charge on any atom is -0.467 e. The number of hydrogen-bond donors (Lipinski definition) is 0. The summed E-state index contributed by atoms with van der Waals surface area (Å²) >= 11 is 0. The van der Waals surface area contributed by atoms with Gasteiger partial charge in [0, 0.05) is 0 Å². The van der Waals surface area contributed by atoms with Crippen LogP contribution in [-0.2, 0) is 19.1 Å². The fourth-order valence-corrected chi connectivity index (χ4v) is 1.27. The fourth-order valence-electron chi connectivity index (χ4n) is 1.27. The van der Waals surface area contributed by atoms with E-state index in [1.165, 1.54) is 14.2 Å². The zero-order valence-electron chi connectivity index (χ0n) is 8.68. The summed E-state index contributed by atoms with van der Waals surface area (Å²) in [6.45, 7) is 1.68. The predicted octanol–water partition coefficient (Wildman–Crippen LogP) is 0.303. The highest BCUT2D eigenvalue weighted by Gasteiger charge is 2.50. The lowest BCUT2D eigenvalue weighted by molar-refractivity contribution is -0.145. The van der Waals surface area contributed by atoms with E-state index >= 15 is 0 Å². The monoisotopic (exact) mass is 213 g/mol. The summed E-state index contributed by atoms with van der Waals surface area (Å²) < 4.78 is 9.06. The minimum atomic E-state index is -1.44. The molecule has 0 radical (unpaired) electrons. The van der Waals surface area contributed by atoms with Crippen LogP contribution in [0.2, 0.25) is 0 Å². The van der Waals surface area contributed by atoms with Crippen molar-refractivity contribution in [3.8, 4) is 0 Å². The summed E-state index contributed by atoms with van der Waals surface area (Å²) in [4.78, 5) is 22.9. The Labute approximate surface area is 86.2 Å². The Bertz CT molecular complexity index is 350. The van der Waals surface area contributed by atoms with Crippen LogP contribution in [0.1, 0.15) is 13.3 Å². The summed E-state index contributed by atoms with van der Waals surface area (Å²) in [5, 5.41) is 10.5. The van der Waals surface area contributed by atoms with Gasteiger partial charge in [-0.2, -0.15) is 0 Å². The highest BCUT2D eigenvalue weighted by molar-refractivity contribution is 6.44. The Morgan fingerprint density at radius 3 is 2.47 bits per heavy atom. The second-order valence-corrected chi connectivity index (χ2v) is 2.84. The maximum atomic E-state index is 11.5. The average molecular weight is 213 g/mol. The molecule has 82 valence electrons. The molecule has 0 fully saturated rings. The molecule has 0 saturated heterocycles. The van der Waals surface area contributed by atoms with E-state index in [2.05, 4.69) is 24.9 Å². The van der Waals surface area contributed by atoms with E-state index in [0.717, 1.165) is 0 Å². The summed E-state index contributed by atoms with van der Waals surface area (Å²) in [5.41, 5.74) is -1.58. The van der Waals surface area contributed by atoms with Gasteiger partial charge < -0.3 is 9.47 Å². The number of esters is 2. The molecule has 0 amide bonds. The average Bonchev–Trinajstić information content (AvgIpc) is 2.71. The van der Waals surface area contributed by atoms with Crippen molar-refractivity contribution in [3.63, 3.8) is 0 Å². The van der Waals surface area contributed by atoms with Gasteiger partial charge in [-0.3, -0.25) is 0 Å². The largest absolute Gasteiger partial charge is 0.467 e. The first-order valence-corrected chi connectivity index (χ1v) is 4.29. The van der Waals surface area contributed by atoms with Gasteiger partial charge in [-0.25, -0.2) is 9.59 Å². The van der Waals surface area contributed by atoms with Crippen LogP contribution in [0.3, 0.4) is 0 Å². The van der Waals surface area contributed by atoms with E-state index in [9.17, 15) is 9.59 Å². The second kappa shape index (κ2) is 4.16. The van der Waals surface area contributed by atoms with Gasteiger partial charge in [-0.1, -0.05) is 6.92 Å². The third-order valence-corrected chi connectivity index (χ3v) is 2.17. The zero-order valence-corrected chi connectivity index (χ0v) is 8.68. The lowest BCUT2D eigenvalue weighted by Crippen LogP contribution is -2.47. The maximum Gasteiger partial charge on any atom is 0.357 e. The van der Waals surface area contributed by atoms with E-state index in [-0.39, 0.29) is 12.1 Å². The smallest absolute Gasteiger partial charge is 0.357 e. The molecule has 1 rings (SSSR count). The summed E-state index contributed by atoms with van der Waals surface area (Å²) in [7, 11) is 2.41. The van der Waals surface area contributed by atoms with E-state index in [1.54, 1.807) is 6.92 Å². The van der Waals surface area contributed by atoms with Gasteiger partial charge in [0.1, 0.15) is 0 Å². The molecule has 7 heteroatoms. The van der Waals surface area contributed by atoms with Gasteiger partial charge in [0.05, 0.1) is 14.2 Å². The van der Waals surface area contributed by atoms with Crippen molar-refractivity contribution >= 4 is 17.7 Å². The van der Waals surface area contributed by atoms with E-state index in [4.69, 9.17) is 0 Å². The lowest BCUT2D eigenvalue weighted by atomic mass is 9.91. The van der Waals surface area contributed by atoms with Crippen LogP contribution < -0.4 is 0 Å². The Morgan fingerprint density at radius 1 is 1.33 bits per heavy atom. The highest BCUT2D eigenvalue weighted by atomic mass is 16.5. The normalized spacial score (nSPS) is 23.5.